The third-order valence-electron chi connectivity index (χ3n) is 5.91. The van der Waals surface area contributed by atoms with Crippen LogP contribution in [0.15, 0.2) is 72.3 Å². The molecule has 1 saturated heterocycles. The van der Waals surface area contributed by atoms with Crippen LogP contribution in [0.4, 0.5) is 4.79 Å². The van der Waals surface area contributed by atoms with E-state index >= 15 is 0 Å². The molecule has 4 rings (SSSR count). The number of hydrogen-bond acceptors (Lipinski definition) is 5. The maximum atomic E-state index is 12.8. The monoisotopic (exact) mass is 546 g/mol. The van der Waals surface area contributed by atoms with Crippen LogP contribution >= 0.6 is 34.8 Å². The van der Waals surface area contributed by atoms with Crippen LogP contribution in [0, 0.1) is 5.92 Å². The quantitative estimate of drug-likeness (QED) is 0.320. The summed E-state index contributed by atoms with van der Waals surface area (Å²) in [6, 6.07) is 11.1. The first-order chi connectivity index (χ1) is 17.0. The Bertz CT molecular complexity index is 1290. The fourth-order valence-electron chi connectivity index (χ4n) is 3.87. The Morgan fingerprint density at radius 3 is 2.11 bits per heavy atom. The number of hydrogen-bond donors (Lipinski definition) is 1. The number of likely N-dealkylation sites (N-methyl/N-ethyl adjacent to an activating group) is 2. The summed E-state index contributed by atoms with van der Waals surface area (Å²) < 4.78 is 5.90. The van der Waals surface area contributed by atoms with Gasteiger partial charge in [-0.3, -0.25) is 19.4 Å². The zero-order chi connectivity index (χ0) is 26.2. The van der Waals surface area contributed by atoms with Gasteiger partial charge in [-0.15, -0.1) is 0 Å². The molecule has 2 aromatic carbocycles. The average Bonchev–Trinajstić information content (AvgIpc) is 2.84. The minimum atomic E-state index is -1.92. The molecule has 0 radical (unpaired) electrons. The molecule has 1 fully saturated rings. The van der Waals surface area contributed by atoms with Gasteiger partial charge in [-0.05, 0) is 53.1 Å². The molecule has 1 heterocycles. The predicted molar refractivity (Wildman–Crippen MR) is 137 cm³/mol. The van der Waals surface area contributed by atoms with E-state index in [4.69, 9.17) is 39.5 Å². The normalized spacial score (nSPS) is 22.3. The van der Waals surface area contributed by atoms with Crippen LogP contribution in [0.3, 0.4) is 0 Å². The lowest BCUT2D eigenvalue weighted by molar-refractivity contribution is -0.190. The molecule has 2 atom stereocenters. The van der Waals surface area contributed by atoms with E-state index in [-0.39, 0.29) is 12.2 Å². The lowest BCUT2D eigenvalue weighted by Gasteiger charge is -2.35. The Morgan fingerprint density at radius 2 is 1.53 bits per heavy atom. The van der Waals surface area contributed by atoms with Crippen molar-refractivity contribution in [2.75, 3.05) is 14.1 Å². The summed E-state index contributed by atoms with van der Waals surface area (Å²) in [4.78, 5) is 39.4. The number of urea groups is 1. The third-order valence-corrected chi connectivity index (χ3v) is 6.60. The Balaban J connectivity index is 1.75. The minimum Gasteiger partial charge on any atom is -0.362 e. The first-order valence-electron chi connectivity index (χ1n) is 10.8. The van der Waals surface area contributed by atoms with Crippen molar-refractivity contribution < 1.29 is 24.2 Å². The van der Waals surface area contributed by atoms with Crippen molar-refractivity contribution in [2.45, 2.75) is 12.4 Å². The Morgan fingerprint density at radius 1 is 0.944 bits per heavy atom. The summed E-state index contributed by atoms with van der Waals surface area (Å²) in [6.45, 7) is 0.0179. The van der Waals surface area contributed by atoms with Crippen LogP contribution in [0.5, 0.6) is 0 Å². The summed E-state index contributed by atoms with van der Waals surface area (Å²) in [7, 11) is 2.56. The molecule has 0 saturated carbocycles. The zero-order valence-electron chi connectivity index (χ0n) is 19.2. The first-order valence-corrected chi connectivity index (χ1v) is 11.9. The van der Waals surface area contributed by atoms with Crippen LogP contribution in [0.25, 0.3) is 5.57 Å². The van der Waals surface area contributed by atoms with Crippen molar-refractivity contribution >= 4 is 58.2 Å². The standard InChI is InChI=1S/C26H21Cl3N2O5/c1-30-23(32)22(24(33)31(2)25(30)34)12-18-9-16(17-10-20(28)13-21(29)11-17)7-8-26(18,35)36-14-15-3-5-19(27)6-4-15/h3-13,18,35H,14H2,1-2H3. The van der Waals surface area contributed by atoms with Crippen molar-refractivity contribution in [2.24, 2.45) is 5.92 Å². The van der Waals surface area contributed by atoms with Gasteiger partial charge in [0, 0.05) is 29.2 Å². The van der Waals surface area contributed by atoms with Gasteiger partial charge >= 0.3 is 6.03 Å². The highest BCUT2D eigenvalue weighted by Gasteiger charge is 2.42. The Hall–Kier alpha value is -2.94. The second-order valence-corrected chi connectivity index (χ2v) is 9.71. The van der Waals surface area contributed by atoms with Crippen molar-refractivity contribution in [3.05, 3.63) is 98.5 Å². The molecule has 7 nitrogen and oxygen atoms in total. The van der Waals surface area contributed by atoms with Gasteiger partial charge in [-0.1, -0.05) is 65.2 Å². The van der Waals surface area contributed by atoms with Crippen molar-refractivity contribution in [1.82, 2.24) is 9.80 Å². The van der Waals surface area contributed by atoms with E-state index < -0.39 is 29.6 Å². The lowest BCUT2D eigenvalue weighted by atomic mass is 9.85. The molecular weight excluding hydrogens is 527 g/mol. The van der Waals surface area contributed by atoms with Crippen LogP contribution in [-0.2, 0) is 20.9 Å². The number of ether oxygens (including phenoxy) is 1. The average molecular weight is 548 g/mol. The Labute approximate surface area is 222 Å². The highest BCUT2D eigenvalue weighted by Crippen LogP contribution is 2.37. The van der Waals surface area contributed by atoms with Crippen molar-refractivity contribution in [3.63, 3.8) is 0 Å². The molecule has 4 amide bonds. The lowest BCUT2D eigenvalue weighted by Crippen LogP contribution is -2.53. The van der Waals surface area contributed by atoms with Crippen molar-refractivity contribution in [1.29, 1.82) is 0 Å². The maximum Gasteiger partial charge on any atom is 0.333 e. The molecule has 2 aromatic rings. The molecule has 2 unspecified atom stereocenters. The zero-order valence-corrected chi connectivity index (χ0v) is 21.5. The number of barbiturate groups is 1. The fourth-order valence-corrected chi connectivity index (χ4v) is 4.52. The highest BCUT2D eigenvalue weighted by atomic mass is 35.5. The van der Waals surface area contributed by atoms with Gasteiger partial charge in [0.1, 0.15) is 5.57 Å². The van der Waals surface area contributed by atoms with E-state index in [2.05, 4.69) is 0 Å². The number of nitrogens with zero attached hydrogens (tertiary/aromatic N) is 2. The molecular formula is C26H21Cl3N2O5. The van der Waals surface area contributed by atoms with E-state index in [1.165, 1.54) is 26.2 Å². The number of halogens is 3. The van der Waals surface area contributed by atoms with Gasteiger partial charge in [-0.25, -0.2) is 4.79 Å². The number of carbonyl (C=O) groups excluding carboxylic acids is 3. The maximum absolute atomic E-state index is 12.8. The van der Waals surface area contributed by atoms with E-state index in [1.54, 1.807) is 54.6 Å². The van der Waals surface area contributed by atoms with E-state index in [0.29, 0.717) is 26.2 Å². The number of imide groups is 2. The molecule has 1 aliphatic heterocycles. The molecule has 36 heavy (non-hydrogen) atoms. The van der Waals surface area contributed by atoms with Crippen LogP contribution in [0.1, 0.15) is 11.1 Å². The summed E-state index contributed by atoms with van der Waals surface area (Å²) >= 11 is 18.3. The number of carbonyl (C=O) groups is 3. The number of allylic oxidation sites excluding steroid dienone is 2. The number of amides is 4. The minimum absolute atomic E-state index is 0.0179. The number of aliphatic hydroxyl groups is 1. The fraction of sp³-hybridized carbons (Fsp3) is 0.192. The summed E-state index contributed by atoms with van der Waals surface area (Å²) in [6.07, 6.45) is 6.03. The van der Waals surface area contributed by atoms with Gasteiger partial charge in [0.25, 0.3) is 11.8 Å². The summed E-state index contributed by atoms with van der Waals surface area (Å²) in [5.74, 6) is -4.46. The first kappa shape index (κ1) is 26.1. The second-order valence-electron chi connectivity index (χ2n) is 8.40. The summed E-state index contributed by atoms with van der Waals surface area (Å²) in [5.41, 5.74) is 1.78. The molecule has 186 valence electrons. The van der Waals surface area contributed by atoms with Crippen LogP contribution in [-0.4, -0.2) is 52.6 Å². The molecule has 0 spiro atoms. The van der Waals surface area contributed by atoms with Crippen molar-refractivity contribution in [3.8, 4) is 0 Å². The second kappa shape index (κ2) is 10.2. The van der Waals surface area contributed by atoms with E-state index in [1.807, 2.05) is 0 Å². The molecule has 0 bridgehead atoms. The predicted octanol–water partition coefficient (Wildman–Crippen LogP) is 5.10. The molecule has 10 heteroatoms. The third kappa shape index (κ3) is 5.26. The molecule has 1 aliphatic carbocycles. The van der Waals surface area contributed by atoms with Crippen LogP contribution in [0.2, 0.25) is 15.1 Å². The largest absolute Gasteiger partial charge is 0.362 e. The van der Waals surface area contributed by atoms with Gasteiger partial charge in [-0.2, -0.15) is 0 Å². The molecule has 0 aromatic heterocycles. The smallest absolute Gasteiger partial charge is 0.333 e. The molecule has 2 aliphatic rings. The van der Waals surface area contributed by atoms with E-state index in [9.17, 15) is 19.5 Å². The van der Waals surface area contributed by atoms with Gasteiger partial charge in [0.05, 0.1) is 12.5 Å². The number of rotatable bonds is 5. The molecule has 1 N–H and O–H groups in total. The Kier molecular flexibility index (Phi) is 7.41. The van der Waals surface area contributed by atoms with Gasteiger partial charge < -0.3 is 9.84 Å². The summed E-state index contributed by atoms with van der Waals surface area (Å²) in [5, 5.41) is 12.9. The van der Waals surface area contributed by atoms with Crippen LogP contribution < -0.4 is 0 Å². The highest BCUT2D eigenvalue weighted by molar-refractivity contribution is 6.35. The van der Waals surface area contributed by atoms with Gasteiger partial charge in [0.15, 0.2) is 5.79 Å². The van der Waals surface area contributed by atoms with E-state index in [0.717, 1.165) is 15.4 Å². The SMILES string of the molecule is CN1C(=O)C(=CC2C=C(c3cc(Cl)cc(Cl)c3)C=CC2(O)OCc2ccc(Cl)cc2)C(=O)N(C)C1=O. The number of benzene rings is 2. The topological polar surface area (TPSA) is 87.2 Å². The van der Waals surface area contributed by atoms with Gasteiger partial charge in [0.2, 0.25) is 0 Å².